The Bertz CT molecular complexity index is 289. The van der Waals surface area contributed by atoms with Crippen molar-refractivity contribution in [2.75, 3.05) is 18.0 Å². The van der Waals surface area contributed by atoms with Gasteiger partial charge in [-0.25, -0.2) is 0 Å². The van der Waals surface area contributed by atoms with Crippen LogP contribution in [0.15, 0.2) is 11.1 Å². The normalized spacial score (nSPS) is 17.4. The molecule has 0 aromatic carbocycles. The van der Waals surface area contributed by atoms with E-state index in [0.29, 0.717) is 11.8 Å². The molecule has 1 aliphatic heterocycles. The number of rotatable bonds is 2. The zero-order chi connectivity index (χ0) is 9.10. The van der Waals surface area contributed by atoms with Crippen LogP contribution in [0.4, 0.5) is 5.95 Å². The molecule has 2 heterocycles. The number of nitrogens with zero attached hydrogens (tertiary/aromatic N) is 3. The van der Waals surface area contributed by atoms with Gasteiger partial charge >= 0.3 is 0 Å². The summed E-state index contributed by atoms with van der Waals surface area (Å²) in [6, 6.07) is 0. The highest BCUT2D eigenvalue weighted by Gasteiger charge is 2.15. The van der Waals surface area contributed by atoms with Crippen LogP contribution in [-0.2, 0) is 0 Å². The number of hydrogen-bond donors (Lipinski definition) is 0. The van der Waals surface area contributed by atoms with Gasteiger partial charge < -0.3 is 9.42 Å². The lowest BCUT2D eigenvalue weighted by atomic mass is 10.1. The first kappa shape index (κ1) is 8.29. The molecule has 70 valence electrons. The van der Waals surface area contributed by atoms with E-state index < -0.39 is 0 Å². The summed E-state index contributed by atoms with van der Waals surface area (Å²) in [7, 11) is 0. The van der Waals surface area contributed by atoms with Crippen molar-refractivity contribution in [2.45, 2.75) is 19.3 Å². The van der Waals surface area contributed by atoms with Crippen LogP contribution in [0.1, 0.15) is 25.2 Å². The summed E-state index contributed by atoms with van der Waals surface area (Å²) < 4.78 is 4.95. The average molecular weight is 179 g/mol. The van der Waals surface area contributed by atoms with Crippen molar-refractivity contribution in [3.8, 4) is 0 Å². The van der Waals surface area contributed by atoms with E-state index in [1.165, 1.54) is 19.3 Å². The van der Waals surface area contributed by atoms with Gasteiger partial charge in [-0.15, -0.1) is 0 Å². The van der Waals surface area contributed by atoms with E-state index in [4.69, 9.17) is 4.52 Å². The van der Waals surface area contributed by atoms with Gasteiger partial charge in [-0.1, -0.05) is 6.58 Å². The zero-order valence-electron chi connectivity index (χ0n) is 7.57. The third-order valence-electron chi connectivity index (χ3n) is 2.24. The van der Waals surface area contributed by atoms with Gasteiger partial charge in [0.05, 0.1) is 0 Å². The number of piperidine rings is 1. The zero-order valence-corrected chi connectivity index (χ0v) is 7.57. The lowest BCUT2D eigenvalue weighted by Crippen LogP contribution is -2.30. The van der Waals surface area contributed by atoms with Gasteiger partial charge in [0, 0.05) is 13.1 Å². The second-order valence-corrected chi connectivity index (χ2v) is 3.18. The Hall–Kier alpha value is -1.32. The summed E-state index contributed by atoms with van der Waals surface area (Å²) in [5.41, 5.74) is 0. The van der Waals surface area contributed by atoms with Crippen LogP contribution in [0.5, 0.6) is 0 Å². The van der Waals surface area contributed by atoms with Crippen molar-refractivity contribution in [3.63, 3.8) is 0 Å². The number of anilines is 1. The second-order valence-electron chi connectivity index (χ2n) is 3.18. The summed E-state index contributed by atoms with van der Waals surface area (Å²) >= 11 is 0. The molecule has 1 aromatic heterocycles. The monoisotopic (exact) mass is 179 g/mol. The minimum atomic E-state index is 0.501. The van der Waals surface area contributed by atoms with Crippen molar-refractivity contribution in [3.05, 3.63) is 12.5 Å². The fourth-order valence-corrected chi connectivity index (χ4v) is 1.53. The van der Waals surface area contributed by atoms with E-state index >= 15 is 0 Å². The maximum Gasteiger partial charge on any atom is 0.266 e. The summed E-state index contributed by atoms with van der Waals surface area (Å²) in [6.07, 6.45) is 5.32. The highest BCUT2D eigenvalue weighted by atomic mass is 16.5. The Morgan fingerprint density at radius 2 is 2.08 bits per heavy atom. The lowest BCUT2D eigenvalue weighted by molar-refractivity contribution is 0.407. The minimum Gasteiger partial charge on any atom is -0.338 e. The summed E-state index contributed by atoms with van der Waals surface area (Å²) in [4.78, 5) is 6.34. The second kappa shape index (κ2) is 3.60. The Morgan fingerprint density at radius 1 is 1.31 bits per heavy atom. The van der Waals surface area contributed by atoms with E-state index in [1.807, 2.05) is 0 Å². The minimum absolute atomic E-state index is 0.501. The van der Waals surface area contributed by atoms with Gasteiger partial charge in [0.25, 0.3) is 11.8 Å². The van der Waals surface area contributed by atoms with Crippen molar-refractivity contribution in [1.82, 2.24) is 10.1 Å². The fourth-order valence-electron chi connectivity index (χ4n) is 1.53. The van der Waals surface area contributed by atoms with E-state index in [-0.39, 0.29) is 0 Å². The van der Waals surface area contributed by atoms with E-state index in [0.717, 1.165) is 13.1 Å². The highest BCUT2D eigenvalue weighted by Crippen LogP contribution is 2.16. The molecule has 0 atom stereocenters. The first-order chi connectivity index (χ1) is 6.40. The highest BCUT2D eigenvalue weighted by molar-refractivity contribution is 5.38. The van der Waals surface area contributed by atoms with Crippen molar-refractivity contribution in [2.24, 2.45) is 0 Å². The Balaban J connectivity index is 2.09. The van der Waals surface area contributed by atoms with Crippen LogP contribution < -0.4 is 4.90 Å². The summed E-state index contributed by atoms with van der Waals surface area (Å²) in [5, 5.41) is 3.88. The molecule has 1 saturated heterocycles. The fraction of sp³-hybridized carbons (Fsp3) is 0.556. The molecule has 0 N–H and O–H groups in total. The summed E-state index contributed by atoms with van der Waals surface area (Å²) in [6.45, 7) is 5.65. The standard InChI is InChI=1S/C9H13N3O/c1-2-8-10-9(11-13-8)12-6-4-3-5-7-12/h2H,1,3-7H2. The third-order valence-corrected chi connectivity index (χ3v) is 2.24. The van der Waals surface area contributed by atoms with Gasteiger partial charge in [-0.3, -0.25) is 0 Å². The Kier molecular flexibility index (Phi) is 2.29. The van der Waals surface area contributed by atoms with E-state index in [1.54, 1.807) is 6.08 Å². The van der Waals surface area contributed by atoms with Crippen molar-refractivity contribution >= 4 is 12.0 Å². The number of hydrogen-bond acceptors (Lipinski definition) is 4. The molecule has 1 aliphatic rings. The molecule has 4 heteroatoms. The first-order valence-electron chi connectivity index (χ1n) is 4.61. The van der Waals surface area contributed by atoms with Crippen LogP contribution in [0.2, 0.25) is 0 Å². The molecule has 2 rings (SSSR count). The van der Waals surface area contributed by atoms with Gasteiger partial charge in [-0.05, 0) is 30.5 Å². The first-order valence-corrected chi connectivity index (χ1v) is 4.61. The molecule has 0 radical (unpaired) electrons. The van der Waals surface area contributed by atoms with Crippen LogP contribution in [0.25, 0.3) is 6.08 Å². The quantitative estimate of drug-likeness (QED) is 0.693. The molecule has 0 unspecified atom stereocenters. The molecular weight excluding hydrogens is 166 g/mol. The third kappa shape index (κ3) is 1.71. The van der Waals surface area contributed by atoms with Crippen LogP contribution in [0.3, 0.4) is 0 Å². The molecule has 0 saturated carbocycles. The van der Waals surface area contributed by atoms with Crippen molar-refractivity contribution < 1.29 is 4.52 Å². The predicted octanol–water partition coefficient (Wildman–Crippen LogP) is 1.70. The van der Waals surface area contributed by atoms with Gasteiger partial charge in [0.2, 0.25) is 0 Å². The van der Waals surface area contributed by atoms with Gasteiger partial charge in [-0.2, -0.15) is 4.98 Å². The van der Waals surface area contributed by atoms with Crippen molar-refractivity contribution in [1.29, 1.82) is 0 Å². The average Bonchev–Trinajstić information content (AvgIpc) is 2.67. The smallest absolute Gasteiger partial charge is 0.266 e. The number of aromatic nitrogens is 2. The van der Waals surface area contributed by atoms with Crippen LogP contribution in [0, 0.1) is 0 Å². The molecular formula is C9H13N3O. The summed E-state index contributed by atoms with van der Waals surface area (Å²) in [5.74, 6) is 1.20. The lowest BCUT2D eigenvalue weighted by Gasteiger charge is -2.24. The largest absolute Gasteiger partial charge is 0.338 e. The molecule has 0 aliphatic carbocycles. The Labute approximate surface area is 77.2 Å². The van der Waals surface area contributed by atoms with Crippen LogP contribution in [-0.4, -0.2) is 23.2 Å². The van der Waals surface area contributed by atoms with Gasteiger partial charge in [0.15, 0.2) is 0 Å². The molecule has 0 bridgehead atoms. The van der Waals surface area contributed by atoms with Crippen LogP contribution >= 0.6 is 0 Å². The maximum atomic E-state index is 4.95. The SMILES string of the molecule is C=Cc1nc(N2CCCCC2)no1. The molecule has 1 fully saturated rings. The molecule has 0 spiro atoms. The molecule has 13 heavy (non-hydrogen) atoms. The van der Waals surface area contributed by atoms with E-state index in [2.05, 4.69) is 21.6 Å². The van der Waals surface area contributed by atoms with E-state index in [9.17, 15) is 0 Å². The molecule has 0 amide bonds. The Morgan fingerprint density at radius 3 is 2.69 bits per heavy atom. The molecule has 1 aromatic rings. The van der Waals surface area contributed by atoms with Gasteiger partial charge in [0.1, 0.15) is 0 Å². The topological polar surface area (TPSA) is 42.2 Å². The molecule has 4 nitrogen and oxygen atoms in total. The predicted molar refractivity (Wildman–Crippen MR) is 50.5 cm³/mol. The maximum absolute atomic E-state index is 4.95.